The Bertz CT molecular complexity index is 763. The van der Waals surface area contributed by atoms with Gasteiger partial charge in [-0.1, -0.05) is 29.8 Å². The molecule has 0 saturated carbocycles. The molecule has 1 atom stereocenters. The van der Waals surface area contributed by atoms with Gasteiger partial charge in [0, 0.05) is 31.4 Å². The highest BCUT2D eigenvalue weighted by Gasteiger charge is 2.23. The van der Waals surface area contributed by atoms with Gasteiger partial charge >= 0.3 is 0 Å². The fraction of sp³-hybridized carbons (Fsp3) is 0.409. The molecule has 1 aliphatic rings. The second kappa shape index (κ2) is 11.1. The normalized spacial score (nSPS) is 16.5. The lowest BCUT2D eigenvalue weighted by molar-refractivity contribution is 0.414. The van der Waals surface area contributed by atoms with Crippen LogP contribution in [0.2, 0.25) is 0 Å². The number of anilines is 1. The van der Waals surface area contributed by atoms with Crippen LogP contribution < -0.4 is 20.3 Å². The maximum Gasteiger partial charge on any atom is 0.191 e. The molecule has 0 spiro atoms. The second-order valence-corrected chi connectivity index (χ2v) is 6.96. The van der Waals surface area contributed by atoms with Crippen LogP contribution in [0.4, 0.5) is 5.69 Å². The molecule has 1 saturated heterocycles. The first kappa shape index (κ1) is 22.3. The van der Waals surface area contributed by atoms with Crippen molar-refractivity contribution in [3.63, 3.8) is 0 Å². The number of halogens is 1. The van der Waals surface area contributed by atoms with Gasteiger partial charge in [-0.25, -0.2) is 4.99 Å². The Morgan fingerprint density at radius 2 is 2.00 bits per heavy atom. The highest BCUT2D eigenvalue weighted by atomic mass is 127. The van der Waals surface area contributed by atoms with Gasteiger partial charge in [0.05, 0.1) is 13.7 Å². The third-order valence-electron chi connectivity index (χ3n) is 4.83. The molecular weight excluding hydrogens is 463 g/mol. The van der Waals surface area contributed by atoms with E-state index in [2.05, 4.69) is 59.7 Å². The van der Waals surface area contributed by atoms with Crippen molar-refractivity contribution < 1.29 is 4.74 Å². The zero-order valence-electron chi connectivity index (χ0n) is 16.9. The minimum atomic E-state index is 0. The van der Waals surface area contributed by atoms with Gasteiger partial charge in [-0.05, 0) is 50.1 Å². The van der Waals surface area contributed by atoms with Crippen LogP contribution in [0.3, 0.4) is 0 Å². The molecule has 1 aliphatic heterocycles. The molecule has 1 unspecified atom stereocenters. The molecule has 5 nitrogen and oxygen atoms in total. The van der Waals surface area contributed by atoms with Crippen LogP contribution in [0, 0.1) is 6.92 Å². The average molecular weight is 494 g/mol. The summed E-state index contributed by atoms with van der Waals surface area (Å²) in [5.74, 6) is 1.74. The first-order valence-corrected chi connectivity index (χ1v) is 9.67. The minimum absolute atomic E-state index is 0. The SMILES string of the molecule is CCNC(=NCc1cccc(OC)c1)NC1CCN(c2ccc(C)cc2)C1.I. The quantitative estimate of drug-likeness (QED) is 0.363. The van der Waals surface area contributed by atoms with E-state index in [9.17, 15) is 0 Å². The molecule has 2 aromatic rings. The van der Waals surface area contributed by atoms with E-state index in [0.29, 0.717) is 12.6 Å². The van der Waals surface area contributed by atoms with Gasteiger partial charge < -0.3 is 20.3 Å². The van der Waals surface area contributed by atoms with Gasteiger partial charge in [0.2, 0.25) is 0 Å². The highest BCUT2D eigenvalue weighted by molar-refractivity contribution is 14.0. The summed E-state index contributed by atoms with van der Waals surface area (Å²) in [6.45, 7) is 7.75. The predicted octanol–water partition coefficient (Wildman–Crippen LogP) is 3.96. The first-order valence-electron chi connectivity index (χ1n) is 9.67. The van der Waals surface area contributed by atoms with Gasteiger partial charge in [0.15, 0.2) is 5.96 Å². The Morgan fingerprint density at radius 3 is 2.71 bits per heavy atom. The van der Waals surface area contributed by atoms with E-state index in [1.54, 1.807) is 7.11 Å². The zero-order valence-corrected chi connectivity index (χ0v) is 19.3. The lowest BCUT2D eigenvalue weighted by Crippen LogP contribution is -2.44. The summed E-state index contributed by atoms with van der Waals surface area (Å²) < 4.78 is 5.29. The van der Waals surface area contributed by atoms with Gasteiger partial charge in [-0.15, -0.1) is 24.0 Å². The van der Waals surface area contributed by atoms with Crippen LogP contribution in [0.25, 0.3) is 0 Å². The first-order chi connectivity index (χ1) is 13.2. The molecule has 2 aromatic carbocycles. The van der Waals surface area contributed by atoms with Crippen LogP contribution >= 0.6 is 24.0 Å². The van der Waals surface area contributed by atoms with Gasteiger partial charge in [0.1, 0.15) is 5.75 Å². The zero-order chi connectivity index (χ0) is 19.1. The fourth-order valence-electron chi connectivity index (χ4n) is 3.32. The summed E-state index contributed by atoms with van der Waals surface area (Å²) >= 11 is 0. The summed E-state index contributed by atoms with van der Waals surface area (Å²) in [5.41, 5.74) is 3.73. The van der Waals surface area contributed by atoms with Gasteiger partial charge in [-0.3, -0.25) is 0 Å². The van der Waals surface area contributed by atoms with Crippen molar-refractivity contribution in [2.75, 3.05) is 31.6 Å². The average Bonchev–Trinajstić information content (AvgIpc) is 3.15. The molecule has 152 valence electrons. The minimum Gasteiger partial charge on any atom is -0.497 e. The third kappa shape index (κ3) is 6.29. The summed E-state index contributed by atoms with van der Waals surface area (Å²) in [5, 5.41) is 6.95. The molecule has 6 heteroatoms. The number of aryl methyl sites for hydroxylation is 1. The molecule has 0 radical (unpaired) electrons. The Morgan fingerprint density at radius 1 is 1.21 bits per heavy atom. The molecule has 2 N–H and O–H groups in total. The number of nitrogens with one attached hydrogen (secondary N) is 2. The monoisotopic (exact) mass is 494 g/mol. The molecular formula is C22H31IN4O. The van der Waals surface area contributed by atoms with E-state index in [1.165, 1.54) is 11.3 Å². The lowest BCUT2D eigenvalue weighted by atomic mass is 10.2. The predicted molar refractivity (Wildman–Crippen MR) is 128 cm³/mol. The molecule has 0 aliphatic carbocycles. The topological polar surface area (TPSA) is 48.9 Å². The highest BCUT2D eigenvalue weighted by Crippen LogP contribution is 2.20. The number of benzene rings is 2. The van der Waals surface area contributed by atoms with Crippen LogP contribution in [-0.4, -0.2) is 38.7 Å². The van der Waals surface area contributed by atoms with Crippen molar-refractivity contribution in [2.45, 2.75) is 32.9 Å². The number of hydrogen-bond acceptors (Lipinski definition) is 3. The number of rotatable bonds is 6. The fourth-order valence-corrected chi connectivity index (χ4v) is 3.32. The summed E-state index contributed by atoms with van der Waals surface area (Å²) in [4.78, 5) is 7.19. The molecule has 0 bridgehead atoms. The maximum absolute atomic E-state index is 5.29. The molecule has 28 heavy (non-hydrogen) atoms. The van der Waals surface area contributed by atoms with Crippen molar-refractivity contribution in [3.05, 3.63) is 59.7 Å². The number of ether oxygens (including phenoxy) is 1. The Hall–Kier alpha value is -1.96. The molecule has 3 rings (SSSR count). The van der Waals surface area contributed by atoms with Crippen molar-refractivity contribution in [2.24, 2.45) is 4.99 Å². The number of methoxy groups -OCH3 is 1. The Balaban J connectivity index is 0.00000280. The molecule has 0 aromatic heterocycles. The number of aliphatic imine (C=N–C) groups is 1. The van der Waals surface area contributed by atoms with E-state index in [4.69, 9.17) is 9.73 Å². The number of hydrogen-bond donors (Lipinski definition) is 2. The summed E-state index contributed by atoms with van der Waals surface area (Å²) in [6, 6.07) is 17.2. The van der Waals surface area contributed by atoms with Crippen molar-refractivity contribution >= 4 is 35.6 Å². The smallest absolute Gasteiger partial charge is 0.191 e. The number of guanidine groups is 1. The Labute approximate surface area is 185 Å². The third-order valence-corrected chi connectivity index (χ3v) is 4.83. The van der Waals surface area contributed by atoms with E-state index >= 15 is 0 Å². The Kier molecular flexibility index (Phi) is 8.89. The van der Waals surface area contributed by atoms with Crippen LogP contribution in [0.5, 0.6) is 5.75 Å². The van der Waals surface area contributed by atoms with Gasteiger partial charge in [-0.2, -0.15) is 0 Å². The van der Waals surface area contributed by atoms with Crippen LogP contribution in [0.1, 0.15) is 24.5 Å². The number of nitrogens with zero attached hydrogens (tertiary/aromatic N) is 2. The van der Waals surface area contributed by atoms with Gasteiger partial charge in [0.25, 0.3) is 0 Å². The largest absolute Gasteiger partial charge is 0.497 e. The van der Waals surface area contributed by atoms with E-state index in [0.717, 1.165) is 43.3 Å². The van der Waals surface area contributed by atoms with Crippen LogP contribution in [-0.2, 0) is 6.54 Å². The summed E-state index contributed by atoms with van der Waals surface area (Å²) in [7, 11) is 1.69. The molecule has 1 fully saturated rings. The van der Waals surface area contributed by atoms with Crippen LogP contribution in [0.15, 0.2) is 53.5 Å². The van der Waals surface area contributed by atoms with E-state index in [1.807, 2.05) is 18.2 Å². The van der Waals surface area contributed by atoms with Crippen molar-refractivity contribution in [1.29, 1.82) is 0 Å². The van der Waals surface area contributed by atoms with E-state index < -0.39 is 0 Å². The molecule has 1 heterocycles. The second-order valence-electron chi connectivity index (χ2n) is 6.96. The standard InChI is InChI=1S/C22H30N4O.HI/c1-4-23-22(24-15-18-6-5-7-21(14-18)27-3)25-19-12-13-26(16-19)20-10-8-17(2)9-11-20;/h5-11,14,19H,4,12-13,15-16H2,1-3H3,(H2,23,24,25);1H. The van der Waals surface area contributed by atoms with E-state index in [-0.39, 0.29) is 24.0 Å². The lowest BCUT2D eigenvalue weighted by Gasteiger charge is -2.20. The molecule has 0 amide bonds. The van der Waals surface area contributed by atoms with Crippen molar-refractivity contribution in [3.8, 4) is 5.75 Å². The van der Waals surface area contributed by atoms with Crippen molar-refractivity contribution in [1.82, 2.24) is 10.6 Å². The maximum atomic E-state index is 5.29. The summed E-state index contributed by atoms with van der Waals surface area (Å²) in [6.07, 6.45) is 1.11.